The highest BCUT2D eigenvalue weighted by molar-refractivity contribution is 8.26. The lowest BCUT2D eigenvalue weighted by Crippen LogP contribution is -2.57. The third-order valence-corrected chi connectivity index (χ3v) is 10.2. The second-order valence-electron chi connectivity index (χ2n) is 11.5. The van der Waals surface area contributed by atoms with Gasteiger partial charge in [0.2, 0.25) is 0 Å². The summed E-state index contributed by atoms with van der Waals surface area (Å²) in [6.07, 6.45) is 9.93. The van der Waals surface area contributed by atoms with E-state index in [1.54, 1.807) is 18.2 Å². The van der Waals surface area contributed by atoms with E-state index < -0.39 is 5.97 Å². The van der Waals surface area contributed by atoms with Gasteiger partial charge < -0.3 is 19.4 Å². The van der Waals surface area contributed by atoms with E-state index in [9.17, 15) is 14.7 Å². The number of aliphatic carboxylic acids is 1. The molecule has 1 aromatic heterocycles. The highest BCUT2D eigenvalue weighted by Gasteiger charge is 2.53. The van der Waals surface area contributed by atoms with Gasteiger partial charge in [-0.05, 0) is 98.8 Å². The Morgan fingerprint density at radius 3 is 2.51 bits per heavy atom. The first kappa shape index (κ1) is 26.4. The zero-order chi connectivity index (χ0) is 27.3. The minimum atomic E-state index is -0.816. The number of benzene rings is 1. The van der Waals surface area contributed by atoms with Crippen molar-refractivity contribution in [2.24, 2.45) is 23.7 Å². The maximum absolute atomic E-state index is 13.8. The minimum absolute atomic E-state index is 0.0312. The van der Waals surface area contributed by atoms with Crippen LogP contribution >= 0.6 is 24.0 Å². The van der Waals surface area contributed by atoms with Crippen molar-refractivity contribution >= 4 is 46.3 Å². The number of ether oxygens (including phenoxy) is 1. The van der Waals surface area contributed by atoms with Crippen LogP contribution in [0.25, 0.3) is 17.4 Å². The number of furan rings is 1. The zero-order valence-corrected chi connectivity index (χ0v) is 23.6. The van der Waals surface area contributed by atoms with Crippen LogP contribution < -0.4 is 4.74 Å². The third kappa shape index (κ3) is 5.23. The first-order valence-electron chi connectivity index (χ1n) is 13.8. The molecule has 5 fully saturated rings. The SMILES string of the molecule is COc1cc(O)cc(-c2cc(CCCCC(=O)O)c(/C=C3\SC(=S)N(C4C5CC6CC(C5)CC4C6)C3=O)o2)c1. The number of phenolic OH excluding ortho intramolecular Hbond substituents is 1. The van der Waals surface area contributed by atoms with Crippen molar-refractivity contribution in [1.29, 1.82) is 0 Å². The highest BCUT2D eigenvalue weighted by atomic mass is 32.2. The molecular weight excluding hydrogens is 534 g/mol. The minimum Gasteiger partial charge on any atom is -0.508 e. The lowest BCUT2D eigenvalue weighted by atomic mass is 9.54. The standard InChI is InChI=1S/C30H33NO6S2/c1-36-23-12-19(11-22(32)14-23)24-13-18(4-2-3-5-27(33)34)25(37-24)15-26-29(35)31(30(38)39-26)28-20-7-16-6-17(9-20)10-21(28)8-16/h11-17,20-21,28,32H,2-10H2,1H3,(H,33,34)/b26-15-. The monoisotopic (exact) mass is 567 g/mol. The number of carbonyl (C=O) groups is 2. The largest absolute Gasteiger partial charge is 0.508 e. The lowest BCUT2D eigenvalue weighted by molar-refractivity contribution is -0.137. The van der Waals surface area contributed by atoms with Crippen LogP contribution in [0.5, 0.6) is 11.5 Å². The van der Waals surface area contributed by atoms with Crippen molar-refractivity contribution in [1.82, 2.24) is 4.90 Å². The Balaban J connectivity index is 1.29. The van der Waals surface area contributed by atoms with Crippen molar-refractivity contribution in [2.45, 2.75) is 63.8 Å². The summed E-state index contributed by atoms with van der Waals surface area (Å²) in [7, 11) is 1.53. The number of hydrogen-bond acceptors (Lipinski definition) is 7. The third-order valence-electron chi connectivity index (χ3n) is 8.90. The number of carboxylic acids is 1. The number of carbonyl (C=O) groups excluding carboxylic acids is 1. The first-order valence-corrected chi connectivity index (χ1v) is 15.0. The summed E-state index contributed by atoms with van der Waals surface area (Å²) in [5.74, 6) is 3.54. The molecule has 5 aliphatic rings. The molecule has 1 aromatic carbocycles. The summed E-state index contributed by atoms with van der Waals surface area (Å²) in [4.78, 5) is 27.3. The zero-order valence-electron chi connectivity index (χ0n) is 21.9. The van der Waals surface area contributed by atoms with Crippen LogP contribution in [0.3, 0.4) is 0 Å². The fourth-order valence-corrected chi connectivity index (χ4v) is 8.83. The van der Waals surface area contributed by atoms with E-state index in [-0.39, 0.29) is 24.1 Å². The quantitative estimate of drug-likeness (QED) is 0.202. The summed E-state index contributed by atoms with van der Waals surface area (Å²) in [5.41, 5.74) is 1.54. The van der Waals surface area contributed by atoms with Crippen molar-refractivity contribution in [3.63, 3.8) is 0 Å². The molecule has 2 heterocycles. The van der Waals surface area contributed by atoms with Gasteiger partial charge in [-0.25, -0.2) is 0 Å². The van der Waals surface area contributed by atoms with Crippen molar-refractivity contribution in [2.75, 3.05) is 7.11 Å². The lowest BCUT2D eigenvalue weighted by Gasteiger charge is -2.56. The highest BCUT2D eigenvalue weighted by Crippen LogP contribution is 2.56. The molecule has 1 amide bonds. The second-order valence-corrected chi connectivity index (χ2v) is 13.2. The number of thiocarbonyl (C=S) groups is 1. The predicted octanol–water partition coefficient (Wildman–Crippen LogP) is 6.48. The molecule has 0 atom stereocenters. The van der Waals surface area contributed by atoms with Gasteiger partial charge in [0, 0.05) is 30.2 Å². The molecule has 206 valence electrons. The van der Waals surface area contributed by atoms with E-state index in [1.807, 2.05) is 11.0 Å². The number of thioether (sulfide) groups is 1. The smallest absolute Gasteiger partial charge is 0.303 e. The van der Waals surface area contributed by atoms with Gasteiger partial charge in [-0.15, -0.1) is 0 Å². The number of methoxy groups -OCH3 is 1. The average Bonchev–Trinajstić information content (AvgIpc) is 3.41. The summed E-state index contributed by atoms with van der Waals surface area (Å²) in [6.45, 7) is 0. The Labute approximate surface area is 237 Å². The molecule has 7 rings (SSSR count). The number of aromatic hydroxyl groups is 1. The predicted molar refractivity (Wildman–Crippen MR) is 153 cm³/mol. The number of unbranched alkanes of at least 4 members (excludes halogenated alkanes) is 1. The Kier molecular flexibility index (Phi) is 7.22. The van der Waals surface area contributed by atoms with Crippen molar-refractivity contribution in [3.8, 4) is 22.8 Å². The van der Waals surface area contributed by atoms with E-state index in [0.29, 0.717) is 63.2 Å². The molecule has 39 heavy (non-hydrogen) atoms. The number of nitrogens with zero attached hydrogens (tertiary/aromatic N) is 1. The maximum Gasteiger partial charge on any atom is 0.303 e. The Bertz CT molecular complexity index is 1320. The van der Waals surface area contributed by atoms with Gasteiger partial charge >= 0.3 is 5.97 Å². The molecule has 2 aromatic rings. The van der Waals surface area contributed by atoms with E-state index in [2.05, 4.69) is 0 Å². The number of hydrogen-bond donors (Lipinski definition) is 2. The van der Waals surface area contributed by atoms with Crippen LogP contribution in [0.2, 0.25) is 0 Å². The molecule has 1 saturated heterocycles. The Morgan fingerprint density at radius 1 is 1.13 bits per heavy atom. The Hall–Kier alpha value is -2.78. The van der Waals surface area contributed by atoms with Crippen LogP contribution in [0.1, 0.15) is 62.7 Å². The molecule has 7 nitrogen and oxygen atoms in total. The summed E-state index contributed by atoms with van der Waals surface area (Å²) in [6, 6.07) is 7.02. The van der Waals surface area contributed by atoms with Crippen LogP contribution in [-0.2, 0) is 16.0 Å². The molecule has 1 aliphatic heterocycles. The molecule has 4 aliphatic carbocycles. The van der Waals surface area contributed by atoms with Crippen LogP contribution in [0.4, 0.5) is 0 Å². The number of phenols is 1. The van der Waals surface area contributed by atoms with Crippen LogP contribution in [0, 0.1) is 23.7 Å². The number of carboxylic acid groups (broad SMARTS) is 1. The molecular formula is C30H33NO6S2. The van der Waals surface area contributed by atoms with Gasteiger partial charge in [-0.1, -0.05) is 24.0 Å². The van der Waals surface area contributed by atoms with E-state index in [1.165, 1.54) is 57.0 Å². The molecule has 0 unspecified atom stereocenters. The molecule has 4 bridgehead atoms. The Morgan fingerprint density at radius 2 is 1.85 bits per heavy atom. The van der Waals surface area contributed by atoms with E-state index >= 15 is 0 Å². The average molecular weight is 568 g/mol. The van der Waals surface area contributed by atoms with E-state index in [0.717, 1.165) is 17.4 Å². The summed E-state index contributed by atoms with van der Waals surface area (Å²) in [5, 5.41) is 19.2. The maximum atomic E-state index is 13.8. The molecule has 0 radical (unpaired) electrons. The second kappa shape index (κ2) is 10.7. The van der Waals surface area contributed by atoms with Gasteiger partial charge in [0.15, 0.2) is 0 Å². The van der Waals surface area contributed by atoms with Crippen molar-refractivity contribution in [3.05, 3.63) is 40.5 Å². The topological polar surface area (TPSA) is 100 Å². The number of aryl methyl sites for hydroxylation is 1. The molecule has 9 heteroatoms. The van der Waals surface area contributed by atoms with Gasteiger partial charge in [0.25, 0.3) is 5.91 Å². The number of rotatable bonds is 9. The number of amides is 1. The van der Waals surface area contributed by atoms with Crippen LogP contribution in [-0.4, -0.2) is 44.5 Å². The summed E-state index contributed by atoms with van der Waals surface area (Å²) < 4.78 is 12.2. The molecule has 2 N–H and O–H groups in total. The normalized spacial score (nSPS) is 28.6. The van der Waals surface area contributed by atoms with Gasteiger partial charge in [0.1, 0.15) is 27.3 Å². The van der Waals surface area contributed by atoms with Crippen LogP contribution in [0.15, 0.2) is 33.6 Å². The molecule has 4 saturated carbocycles. The fourth-order valence-electron chi connectivity index (χ4n) is 7.51. The first-order chi connectivity index (χ1) is 18.8. The van der Waals surface area contributed by atoms with Gasteiger partial charge in [-0.2, -0.15) is 0 Å². The van der Waals surface area contributed by atoms with Crippen molar-refractivity contribution < 1.29 is 29.0 Å². The van der Waals surface area contributed by atoms with Gasteiger partial charge in [0.05, 0.1) is 12.0 Å². The van der Waals surface area contributed by atoms with Gasteiger partial charge in [-0.3, -0.25) is 14.5 Å². The summed E-state index contributed by atoms with van der Waals surface area (Å²) >= 11 is 7.12. The fraction of sp³-hybridized carbons (Fsp3) is 0.500. The van der Waals surface area contributed by atoms with E-state index in [4.69, 9.17) is 26.5 Å². The molecule has 0 spiro atoms.